The summed E-state index contributed by atoms with van der Waals surface area (Å²) in [6.07, 6.45) is 0. The van der Waals surface area contributed by atoms with Gasteiger partial charge in [0.1, 0.15) is 5.69 Å². The summed E-state index contributed by atoms with van der Waals surface area (Å²) in [5.74, 6) is -0.502. The number of carbonyl (C=O) groups is 1. The Morgan fingerprint density at radius 2 is 1.96 bits per heavy atom. The molecule has 0 N–H and O–H groups in total. The van der Waals surface area contributed by atoms with Crippen molar-refractivity contribution in [2.75, 3.05) is 6.61 Å². The zero-order valence-electron chi connectivity index (χ0n) is 14.6. The van der Waals surface area contributed by atoms with E-state index < -0.39 is 21.9 Å². The molecule has 1 aromatic heterocycles. The predicted octanol–water partition coefficient (Wildman–Crippen LogP) is 4.60. The third kappa shape index (κ3) is 3.45. The fourth-order valence-electron chi connectivity index (χ4n) is 2.52. The Morgan fingerprint density at radius 1 is 1.27 bits per heavy atom. The van der Waals surface area contributed by atoms with E-state index in [1.165, 1.54) is 0 Å². The van der Waals surface area contributed by atoms with Crippen LogP contribution in [0.15, 0.2) is 51.9 Å². The Balaban J connectivity index is 1.96. The second-order valence-electron chi connectivity index (χ2n) is 6.20. The average molecular weight is 392 g/mol. The predicted molar refractivity (Wildman–Crippen MR) is 102 cm³/mol. The number of carbonyl (C=O) groups excluding carboxylic acids is 1. The molecule has 7 heteroatoms. The van der Waals surface area contributed by atoms with Crippen molar-refractivity contribution in [1.82, 2.24) is 5.16 Å². The molecule has 3 rings (SSSR count). The average Bonchev–Trinajstić information content (AvgIpc) is 3.05. The summed E-state index contributed by atoms with van der Waals surface area (Å²) in [4.78, 5) is 12.6. The van der Waals surface area contributed by atoms with Crippen molar-refractivity contribution in [2.24, 2.45) is 0 Å². The van der Waals surface area contributed by atoms with E-state index in [1.54, 1.807) is 51.1 Å². The third-order valence-electron chi connectivity index (χ3n) is 4.01. The second kappa shape index (κ2) is 7.31. The lowest BCUT2D eigenvalue weighted by molar-refractivity contribution is -0.145. The molecule has 1 unspecified atom stereocenters. The summed E-state index contributed by atoms with van der Waals surface area (Å²) in [6.45, 7) is 5.16. The molecule has 0 aliphatic heterocycles. The SMILES string of the molecule is CCOC(=O)C(C)(C)[S+]([O-])c1ccc2c(-c3ccc(Cl)cc3)noc2c1. The normalized spacial score (nSPS) is 13.0. The smallest absolute Gasteiger partial charge is 0.362 e. The molecule has 0 aliphatic carbocycles. The minimum atomic E-state index is -1.60. The van der Waals surface area contributed by atoms with E-state index in [0.717, 1.165) is 10.9 Å². The maximum atomic E-state index is 12.9. The molecule has 0 fully saturated rings. The molecule has 0 spiro atoms. The van der Waals surface area contributed by atoms with Crippen molar-refractivity contribution >= 4 is 39.7 Å². The highest BCUT2D eigenvalue weighted by molar-refractivity contribution is 7.93. The topological polar surface area (TPSA) is 75.4 Å². The van der Waals surface area contributed by atoms with Crippen LogP contribution in [0.2, 0.25) is 5.02 Å². The van der Waals surface area contributed by atoms with E-state index in [1.807, 2.05) is 12.1 Å². The maximum absolute atomic E-state index is 12.9. The lowest BCUT2D eigenvalue weighted by Crippen LogP contribution is -2.42. The first kappa shape index (κ1) is 18.8. The number of rotatable bonds is 5. The molecule has 1 atom stereocenters. The second-order valence-corrected chi connectivity index (χ2v) is 8.66. The Bertz CT molecular complexity index is 936. The van der Waals surface area contributed by atoms with Gasteiger partial charge < -0.3 is 13.8 Å². The van der Waals surface area contributed by atoms with E-state index in [-0.39, 0.29) is 6.61 Å². The van der Waals surface area contributed by atoms with E-state index in [4.69, 9.17) is 20.9 Å². The third-order valence-corrected chi connectivity index (χ3v) is 6.03. The van der Waals surface area contributed by atoms with Gasteiger partial charge in [0.05, 0.1) is 12.0 Å². The minimum absolute atomic E-state index is 0.241. The van der Waals surface area contributed by atoms with E-state index in [2.05, 4.69) is 5.16 Å². The molecule has 3 aromatic rings. The van der Waals surface area contributed by atoms with Gasteiger partial charge in [-0.3, -0.25) is 0 Å². The van der Waals surface area contributed by atoms with Gasteiger partial charge in [0, 0.05) is 27.8 Å². The highest BCUT2D eigenvalue weighted by Gasteiger charge is 2.43. The summed E-state index contributed by atoms with van der Waals surface area (Å²) >= 11 is 4.32. The van der Waals surface area contributed by atoms with Gasteiger partial charge in [-0.25, -0.2) is 4.79 Å². The number of aromatic nitrogens is 1. The van der Waals surface area contributed by atoms with Crippen molar-refractivity contribution in [2.45, 2.75) is 30.4 Å². The van der Waals surface area contributed by atoms with Gasteiger partial charge in [0.25, 0.3) is 0 Å². The Morgan fingerprint density at radius 3 is 2.62 bits per heavy atom. The van der Waals surface area contributed by atoms with E-state index in [0.29, 0.717) is 21.2 Å². The summed E-state index contributed by atoms with van der Waals surface area (Å²) in [7, 11) is 0. The number of halogens is 1. The van der Waals surface area contributed by atoms with Gasteiger partial charge in [-0.15, -0.1) is 0 Å². The first-order valence-corrected chi connectivity index (χ1v) is 9.62. The van der Waals surface area contributed by atoms with E-state index >= 15 is 0 Å². The molecule has 2 aromatic carbocycles. The molecular formula is C19H18ClNO4S. The molecule has 0 bridgehead atoms. The zero-order chi connectivity index (χ0) is 18.9. The highest BCUT2D eigenvalue weighted by Crippen LogP contribution is 2.33. The van der Waals surface area contributed by atoms with Crippen molar-refractivity contribution in [3.63, 3.8) is 0 Å². The number of benzene rings is 2. The van der Waals surface area contributed by atoms with Crippen molar-refractivity contribution in [3.8, 4) is 11.3 Å². The number of hydrogen-bond donors (Lipinski definition) is 0. The molecule has 0 saturated heterocycles. The summed E-state index contributed by atoms with van der Waals surface area (Å²) in [5.41, 5.74) is 2.05. The van der Waals surface area contributed by atoms with Crippen LogP contribution in [0.1, 0.15) is 20.8 Å². The molecule has 0 saturated carbocycles. The van der Waals surface area contributed by atoms with E-state index in [9.17, 15) is 9.35 Å². The molecule has 0 aliphatic rings. The first-order chi connectivity index (χ1) is 12.3. The van der Waals surface area contributed by atoms with Crippen molar-refractivity contribution < 1.29 is 18.6 Å². The van der Waals surface area contributed by atoms with Crippen LogP contribution in [-0.4, -0.2) is 27.0 Å². The van der Waals surface area contributed by atoms with Crippen LogP contribution in [-0.2, 0) is 20.7 Å². The lowest BCUT2D eigenvalue weighted by atomic mass is 10.1. The monoisotopic (exact) mass is 391 g/mol. The van der Waals surface area contributed by atoms with Crippen LogP contribution in [0.3, 0.4) is 0 Å². The van der Waals surface area contributed by atoms with Crippen LogP contribution in [0, 0.1) is 0 Å². The number of hydrogen-bond acceptors (Lipinski definition) is 5. The van der Waals surface area contributed by atoms with Gasteiger partial charge in [0.2, 0.25) is 4.75 Å². The van der Waals surface area contributed by atoms with Crippen molar-refractivity contribution in [1.29, 1.82) is 0 Å². The summed E-state index contributed by atoms with van der Waals surface area (Å²) in [6, 6.07) is 12.4. The highest BCUT2D eigenvalue weighted by atomic mass is 35.5. The Hall–Kier alpha value is -2.02. The van der Waals surface area contributed by atoms with Gasteiger partial charge >= 0.3 is 5.97 Å². The molecular weight excluding hydrogens is 374 g/mol. The standard InChI is InChI=1S/C19H18ClNO4S/c1-4-24-18(22)19(2,3)26(23)14-9-10-15-16(11-14)25-21-17(15)12-5-7-13(20)8-6-12/h5-11H,4H2,1-3H3. The fourth-order valence-corrected chi connectivity index (χ4v) is 3.86. The van der Waals surface area contributed by atoms with Gasteiger partial charge in [-0.05, 0) is 45.0 Å². The first-order valence-electron chi connectivity index (χ1n) is 8.09. The van der Waals surface area contributed by atoms with Gasteiger partial charge in [-0.1, -0.05) is 28.9 Å². The number of ether oxygens (including phenoxy) is 1. The van der Waals surface area contributed by atoms with Crippen LogP contribution >= 0.6 is 11.6 Å². The Labute approximate surface area is 159 Å². The fraction of sp³-hybridized carbons (Fsp3) is 0.263. The number of nitrogens with zero attached hydrogens (tertiary/aromatic N) is 1. The molecule has 136 valence electrons. The molecule has 0 amide bonds. The number of fused-ring (bicyclic) bond motifs is 1. The van der Waals surface area contributed by atoms with Crippen LogP contribution in [0.5, 0.6) is 0 Å². The van der Waals surface area contributed by atoms with Crippen LogP contribution in [0.4, 0.5) is 0 Å². The summed E-state index contributed by atoms with van der Waals surface area (Å²) in [5, 5.41) is 5.55. The largest absolute Gasteiger partial charge is 0.611 e. The molecule has 26 heavy (non-hydrogen) atoms. The van der Waals surface area contributed by atoms with Crippen LogP contribution in [0.25, 0.3) is 22.2 Å². The number of esters is 1. The molecule has 0 radical (unpaired) electrons. The molecule has 1 heterocycles. The molecule has 5 nitrogen and oxygen atoms in total. The summed E-state index contributed by atoms with van der Waals surface area (Å²) < 4.78 is 22.2. The minimum Gasteiger partial charge on any atom is -0.611 e. The quantitative estimate of drug-likeness (QED) is 0.469. The Kier molecular flexibility index (Phi) is 5.27. The van der Waals surface area contributed by atoms with Crippen LogP contribution < -0.4 is 0 Å². The van der Waals surface area contributed by atoms with Gasteiger partial charge in [-0.2, -0.15) is 0 Å². The van der Waals surface area contributed by atoms with Crippen molar-refractivity contribution in [3.05, 3.63) is 47.5 Å². The maximum Gasteiger partial charge on any atom is 0.362 e. The zero-order valence-corrected chi connectivity index (χ0v) is 16.2. The van der Waals surface area contributed by atoms with Gasteiger partial charge in [0.15, 0.2) is 10.5 Å². The lowest BCUT2D eigenvalue weighted by Gasteiger charge is -2.25.